The summed E-state index contributed by atoms with van der Waals surface area (Å²) in [5.41, 5.74) is 1.26. The fourth-order valence-electron chi connectivity index (χ4n) is 3.96. The van der Waals surface area contributed by atoms with E-state index in [1.807, 2.05) is 100 Å². The first-order chi connectivity index (χ1) is 15.6. The molecule has 1 amide bonds. The molecule has 1 aliphatic rings. The van der Waals surface area contributed by atoms with E-state index in [1.54, 1.807) is 13.1 Å². The Balaban J connectivity index is 3.42. The number of carbonyl (C=O) groups is 2. The van der Waals surface area contributed by atoms with Crippen molar-refractivity contribution in [1.82, 2.24) is 4.31 Å². The second kappa shape index (κ2) is 10.6. The van der Waals surface area contributed by atoms with Crippen molar-refractivity contribution in [2.75, 3.05) is 7.05 Å². The molecule has 7 heteroatoms. The minimum atomic E-state index is -0.871. The fourth-order valence-corrected chi connectivity index (χ4v) is 5.15. The largest absolute Gasteiger partial charge is 0.436 e. The van der Waals surface area contributed by atoms with E-state index in [0.717, 1.165) is 28.7 Å². The van der Waals surface area contributed by atoms with Crippen LogP contribution >= 0.6 is 11.9 Å². The van der Waals surface area contributed by atoms with E-state index in [4.69, 9.17) is 4.74 Å². The lowest BCUT2D eigenvalue weighted by molar-refractivity contribution is -0.128. The van der Waals surface area contributed by atoms with Crippen LogP contribution in [0, 0.1) is 44.8 Å². The Hall–Kier alpha value is -2.51. The summed E-state index contributed by atoms with van der Waals surface area (Å²) in [6.45, 7) is 21.5. The molecule has 0 atom stereocenters. The third-order valence-corrected chi connectivity index (χ3v) is 6.71. The number of hydrogen-bond acceptors (Lipinski definition) is 6. The van der Waals surface area contributed by atoms with Gasteiger partial charge in [0, 0.05) is 12.5 Å². The molecule has 192 valence electrons. The number of hydrogen-bond donors (Lipinski definition) is 0. The molecule has 0 saturated heterocycles. The molecule has 0 aromatic heterocycles. The highest BCUT2D eigenvalue weighted by Crippen LogP contribution is 2.44. The number of nitrogens with zero attached hydrogens (tertiary/aromatic N) is 3. The van der Waals surface area contributed by atoms with Crippen LogP contribution in [0.1, 0.15) is 76.2 Å². The number of ketones is 1. The summed E-state index contributed by atoms with van der Waals surface area (Å²) >= 11 is 1.15. The third kappa shape index (κ3) is 8.00. The summed E-state index contributed by atoms with van der Waals surface area (Å²) in [6.07, 6.45) is 4.30. The first kappa shape index (κ1) is 30.5. The topological polar surface area (TPSA) is 94.2 Å². The van der Waals surface area contributed by atoms with Crippen LogP contribution in [-0.4, -0.2) is 34.1 Å². The number of carbonyl (C=O) groups excluding carboxylic acids is 2. The van der Waals surface area contributed by atoms with Crippen molar-refractivity contribution in [3.05, 3.63) is 34.9 Å². The van der Waals surface area contributed by atoms with Gasteiger partial charge in [-0.1, -0.05) is 74.5 Å². The maximum Gasteiger partial charge on any atom is 0.420 e. The minimum Gasteiger partial charge on any atom is -0.436 e. The molecule has 0 spiro atoms. The zero-order valence-electron chi connectivity index (χ0n) is 23.4. The molecule has 0 fully saturated rings. The molecule has 1 aliphatic carbocycles. The predicted molar refractivity (Wildman–Crippen MR) is 142 cm³/mol. The van der Waals surface area contributed by atoms with Gasteiger partial charge in [0.2, 0.25) is 0 Å². The van der Waals surface area contributed by atoms with Crippen LogP contribution in [0.3, 0.4) is 0 Å². The van der Waals surface area contributed by atoms with Crippen LogP contribution < -0.4 is 0 Å². The fraction of sp³-hybridized carbons (Fsp3) is 0.643. The number of allylic oxidation sites excluding steroid dienone is 4. The Morgan fingerprint density at radius 1 is 0.943 bits per heavy atom. The Morgan fingerprint density at radius 2 is 1.37 bits per heavy atom. The summed E-state index contributed by atoms with van der Waals surface area (Å²) in [6, 6.07) is 3.97. The second-order valence-electron chi connectivity index (χ2n) is 12.5. The third-order valence-electron chi connectivity index (χ3n) is 5.65. The maximum absolute atomic E-state index is 13.3. The zero-order chi connectivity index (χ0) is 27.6. The number of ether oxygens (including phenoxy) is 1. The van der Waals surface area contributed by atoms with E-state index in [1.165, 1.54) is 4.31 Å². The molecule has 6 nitrogen and oxygen atoms in total. The van der Waals surface area contributed by atoms with Crippen molar-refractivity contribution < 1.29 is 14.3 Å². The summed E-state index contributed by atoms with van der Waals surface area (Å²) in [4.78, 5) is 26.2. The van der Waals surface area contributed by atoms with Gasteiger partial charge in [0.05, 0.1) is 16.9 Å². The van der Waals surface area contributed by atoms with E-state index in [9.17, 15) is 20.1 Å². The highest BCUT2D eigenvalue weighted by molar-refractivity contribution is 7.99. The van der Waals surface area contributed by atoms with E-state index in [0.29, 0.717) is 0 Å². The smallest absolute Gasteiger partial charge is 0.420 e. The van der Waals surface area contributed by atoms with Crippen molar-refractivity contribution in [3.63, 3.8) is 0 Å². The lowest BCUT2D eigenvalue weighted by Crippen LogP contribution is -2.42. The van der Waals surface area contributed by atoms with Gasteiger partial charge < -0.3 is 4.74 Å². The Labute approximate surface area is 216 Å². The van der Waals surface area contributed by atoms with E-state index < -0.39 is 28.3 Å². The van der Waals surface area contributed by atoms with Gasteiger partial charge >= 0.3 is 6.09 Å². The summed E-state index contributed by atoms with van der Waals surface area (Å²) in [5.74, 6) is -0.832. The predicted octanol–water partition coefficient (Wildman–Crippen LogP) is 7.01. The van der Waals surface area contributed by atoms with Gasteiger partial charge in [-0.3, -0.25) is 9.10 Å². The molecule has 35 heavy (non-hydrogen) atoms. The number of amides is 1. The van der Waals surface area contributed by atoms with Crippen molar-refractivity contribution in [2.45, 2.75) is 87.0 Å². The van der Waals surface area contributed by atoms with Gasteiger partial charge in [-0.05, 0) is 59.4 Å². The molecule has 0 unspecified atom stereocenters. The quantitative estimate of drug-likeness (QED) is 0.377. The molecule has 0 radical (unpaired) electrons. The van der Waals surface area contributed by atoms with Gasteiger partial charge in [-0.15, -0.1) is 0 Å². The molecule has 0 aliphatic heterocycles. The first-order valence-electron chi connectivity index (χ1n) is 11.8. The van der Waals surface area contributed by atoms with Gasteiger partial charge in [0.25, 0.3) is 0 Å². The summed E-state index contributed by atoms with van der Waals surface area (Å²) in [5, 5.41) is 18.5. The van der Waals surface area contributed by atoms with Crippen LogP contribution in [-0.2, 0) is 9.53 Å². The number of rotatable bonds is 5. The highest BCUT2D eigenvalue weighted by atomic mass is 32.2. The van der Waals surface area contributed by atoms with Gasteiger partial charge in [0.1, 0.15) is 6.10 Å². The van der Waals surface area contributed by atoms with Crippen LogP contribution in [0.5, 0.6) is 0 Å². The Bertz CT molecular complexity index is 968. The number of nitriles is 2. The van der Waals surface area contributed by atoms with Crippen molar-refractivity contribution in [1.29, 1.82) is 10.5 Å². The van der Waals surface area contributed by atoms with Gasteiger partial charge in [0.15, 0.2) is 11.7 Å². The molecule has 0 bridgehead atoms. The van der Waals surface area contributed by atoms with Crippen LogP contribution in [0.2, 0.25) is 0 Å². The lowest BCUT2D eigenvalue weighted by atomic mass is 9.70. The second-order valence-corrected chi connectivity index (χ2v) is 14.3. The minimum absolute atomic E-state index is 0.0391. The van der Waals surface area contributed by atoms with E-state index >= 15 is 0 Å². The van der Waals surface area contributed by atoms with Crippen molar-refractivity contribution in [2.24, 2.45) is 22.2 Å². The molecule has 0 N–H and O–H groups in total. The molecule has 0 heterocycles. The zero-order valence-corrected chi connectivity index (χ0v) is 24.2. The maximum atomic E-state index is 13.3. The molecule has 0 aromatic rings. The Kier molecular flexibility index (Phi) is 9.27. The highest BCUT2D eigenvalue weighted by Gasteiger charge is 2.41. The molecule has 0 saturated carbocycles. The molecule has 1 rings (SSSR count). The molecule has 0 aromatic carbocycles. The standard InChI is InChI=1S/C28H41N3O3S/c1-25(2,3)20-14-18(13-19(16-29)17-30)15-21(26(4,5)6)22(20)34-24(33)31(12)35-28(10,11)23(32)27(7,8)9/h13-15,19,22H,1-12H3. The normalized spacial score (nSPS) is 17.1. The Morgan fingerprint density at radius 3 is 1.71 bits per heavy atom. The lowest BCUT2D eigenvalue weighted by Gasteiger charge is -2.40. The monoisotopic (exact) mass is 499 g/mol. The molecular weight excluding hydrogens is 458 g/mol. The van der Waals surface area contributed by atoms with E-state index in [2.05, 4.69) is 0 Å². The van der Waals surface area contributed by atoms with Crippen molar-refractivity contribution in [3.8, 4) is 12.1 Å². The van der Waals surface area contributed by atoms with Crippen LogP contribution in [0.25, 0.3) is 0 Å². The summed E-state index contributed by atoms with van der Waals surface area (Å²) < 4.78 is 6.68. The van der Waals surface area contributed by atoms with E-state index in [-0.39, 0.29) is 16.6 Å². The number of Topliss-reactive ketones (excluding diaryl/α,β-unsaturated/α-hetero) is 1. The SMILES string of the molecule is CN(SC(C)(C)C(=O)C(C)(C)C)C(=O)OC1C(C(C)(C)C)=CC(=CC(C#N)C#N)C=C1C(C)(C)C. The van der Waals surface area contributed by atoms with Crippen LogP contribution in [0.4, 0.5) is 4.79 Å². The first-order valence-corrected chi connectivity index (χ1v) is 12.6. The average molecular weight is 500 g/mol. The average Bonchev–Trinajstić information content (AvgIpc) is 2.69. The van der Waals surface area contributed by atoms with Gasteiger partial charge in [-0.2, -0.15) is 10.5 Å². The molecular formula is C28H41N3O3S. The van der Waals surface area contributed by atoms with Crippen LogP contribution in [0.15, 0.2) is 34.9 Å². The summed E-state index contributed by atoms with van der Waals surface area (Å²) in [7, 11) is 1.62. The van der Waals surface area contributed by atoms with Gasteiger partial charge in [-0.25, -0.2) is 4.79 Å². The van der Waals surface area contributed by atoms with Crippen molar-refractivity contribution >= 4 is 23.8 Å².